The second-order valence-corrected chi connectivity index (χ2v) is 8.22. The van der Waals surface area contributed by atoms with Crippen molar-refractivity contribution in [2.24, 2.45) is 0 Å². The van der Waals surface area contributed by atoms with Crippen molar-refractivity contribution in [1.82, 2.24) is 24.6 Å². The summed E-state index contributed by atoms with van der Waals surface area (Å²) in [6.45, 7) is 2.14. The molecular formula is C24H21ClN6O3. The SMILES string of the molecule is COC(=O)c1ccccc1C(=O)N1CCN(c2ncnc3c2cnn3-c2cccc(Cl)c2)CC1. The van der Waals surface area contributed by atoms with E-state index in [2.05, 4.69) is 20.0 Å². The Morgan fingerprint density at radius 1 is 0.971 bits per heavy atom. The zero-order valence-corrected chi connectivity index (χ0v) is 19.1. The number of fused-ring (bicyclic) bond motifs is 1. The maximum atomic E-state index is 13.1. The molecule has 0 saturated carbocycles. The number of benzene rings is 2. The highest BCUT2D eigenvalue weighted by molar-refractivity contribution is 6.30. The Bertz CT molecular complexity index is 1380. The van der Waals surface area contributed by atoms with E-state index in [4.69, 9.17) is 16.3 Å². The number of anilines is 1. The van der Waals surface area contributed by atoms with E-state index in [0.717, 1.165) is 16.9 Å². The highest BCUT2D eigenvalue weighted by Crippen LogP contribution is 2.26. The Balaban J connectivity index is 1.36. The number of rotatable bonds is 4. The molecule has 0 spiro atoms. The van der Waals surface area contributed by atoms with Crippen molar-refractivity contribution in [2.75, 3.05) is 38.2 Å². The molecule has 0 unspecified atom stereocenters. The molecule has 0 N–H and O–H groups in total. The number of hydrogen-bond acceptors (Lipinski definition) is 7. The molecule has 1 aliphatic rings. The number of esters is 1. The van der Waals surface area contributed by atoms with Gasteiger partial charge in [0.05, 0.1) is 35.5 Å². The van der Waals surface area contributed by atoms with Crippen molar-refractivity contribution in [3.05, 3.63) is 77.2 Å². The summed E-state index contributed by atoms with van der Waals surface area (Å²) in [5.41, 5.74) is 2.10. The molecule has 10 heteroatoms. The fourth-order valence-corrected chi connectivity index (χ4v) is 4.31. The van der Waals surface area contributed by atoms with Crippen LogP contribution < -0.4 is 4.90 Å². The predicted molar refractivity (Wildman–Crippen MR) is 128 cm³/mol. The molecule has 1 saturated heterocycles. The Kier molecular flexibility index (Phi) is 5.85. The molecule has 4 aromatic rings. The van der Waals surface area contributed by atoms with Gasteiger partial charge in [0.25, 0.3) is 5.91 Å². The van der Waals surface area contributed by atoms with Crippen molar-refractivity contribution in [3.8, 4) is 5.69 Å². The molecule has 0 aliphatic carbocycles. The molecular weight excluding hydrogens is 456 g/mol. The molecule has 5 rings (SSSR count). The van der Waals surface area contributed by atoms with Crippen LogP contribution in [0.15, 0.2) is 61.1 Å². The number of carbonyl (C=O) groups excluding carboxylic acids is 2. The second kappa shape index (κ2) is 9.11. The average molecular weight is 477 g/mol. The Morgan fingerprint density at radius 2 is 1.74 bits per heavy atom. The first kappa shape index (κ1) is 21.8. The molecule has 0 atom stereocenters. The third-order valence-corrected chi connectivity index (χ3v) is 6.06. The number of ether oxygens (including phenoxy) is 1. The van der Waals surface area contributed by atoms with Gasteiger partial charge in [0.15, 0.2) is 5.65 Å². The minimum atomic E-state index is -0.525. The lowest BCUT2D eigenvalue weighted by molar-refractivity contribution is 0.0589. The van der Waals surface area contributed by atoms with E-state index in [0.29, 0.717) is 42.4 Å². The molecule has 9 nitrogen and oxygen atoms in total. The summed E-state index contributed by atoms with van der Waals surface area (Å²) < 4.78 is 6.56. The molecule has 0 bridgehead atoms. The lowest BCUT2D eigenvalue weighted by atomic mass is 10.1. The van der Waals surface area contributed by atoms with Gasteiger partial charge in [-0.25, -0.2) is 19.4 Å². The number of methoxy groups -OCH3 is 1. The van der Waals surface area contributed by atoms with Gasteiger partial charge in [0.1, 0.15) is 12.1 Å². The third-order valence-electron chi connectivity index (χ3n) is 5.83. The van der Waals surface area contributed by atoms with Gasteiger partial charge in [-0.05, 0) is 30.3 Å². The van der Waals surface area contributed by atoms with Gasteiger partial charge in [0.2, 0.25) is 0 Å². The summed E-state index contributed by atoms with van der Waals surface area (Å²) in [6, 6.07) is 14.1. The van der Waals surface area contributed by atoms with Crippen molar-refractivity contribution in [1.29, 1.82) is 0 Å². The summed E-state index contributed by atoms with van der Waals surface area (Å²) in [4.78, 5) is 38.0. The average Bonchev–Trinajstić information content (AvgIpc) is 3.32. The predicted octanol–water partition coefficient (Wildman–Crippen LogP) is 3.22. The van der Waals surface area contributed by atoms with Crippen molar-refractivity contribution in [2.45, 2.75) is 0 Å². The first-order chi connectivity index (χ1) is 16.6. The number of carbonyl (C=O) groups is 2. The van der Waals surface area contributed by atoms with Crippen LogP contribution in [0.3, 0.4) is 0 Å². The fourth-order valence-electron chi connectivity index (χ4n) is 4.13. The number of aromatic nitrogens is 4. The lowest BCUT2D eigenvalue weighted by Crippen LogP contribution is -2.49. The Labute approximate surface area is 200 Å². The largest absolute Gasteiger partial charge is 0.465 e. The highest BCUT2D eigenvalue weighted by Gasteiger charge is 2.27. The van der Waals surface area contributed by atoms with Gasteiger partial charge in [-0.15, -0.1) is 0 Å². The number of piperazine rings is 1. The zero-order chi connectivity index (χ0) is 23.7. The summed E-state index contributed by atoms with van der Waals surface area (Å²) in [5, 5.41) is 5.93. The number of hydrogen-bond donors (Lipinski definition) is 0. The molecule has 1 amide bonds. The topological polar surface area (TPSA) is 93.5 Å². The first-order valence-corrected chi connectivity index (χ1v) is 11.1. The normalized spacial score (nSPS) is 13.8. The number of amides is 1. The standard InChI is InChI=1S/C24H21ClN6O3/c1-34-24(33)19-8-3-2-7-18(19)23(32)30-11-9-29(10-12-30)21-20-14-28-31(22(20)27-15-26-21)17-6-4-5-16(25)13-17/h2-8,13-15H,9-12H2,1H3. The Morgan fingerprint density at radius 3 is 2.47 bits per heavy atom. The summed E-state index contributed by atoms with van der Waals surface area (Å²) in [7, 11) is 1.30. The maximum absolute atomic E-state index is 13.1. The summed E-state index contributed by atoms with van der Waals surface area (Å²) in [5.74, 6) is 0.0466. The lowest BCUT2D eigenvalue weighted by Gasteiger charge is -2.35. The van der Waals surface area contributed by atoms with E-state index in [-0.39, 0.29) is 11.5 Å². The van der Waals surface area contributed by atoms with E-state index < -0.39 is 5.97 Å². The van der Waals surface area contributed by atoms with Gasteiger partial charge in [0, 0.05) is 31.2 Å². The van der Waals surface area contributed by atoms with Crippen LogP contribution in [0.1, 0.15) is 20.7 Å². The van der Waals surface area contributed by atoms with E-state index in [1.165, 1.54) is 13.4 Å². The van der Waals surface area contributed by atoms with Crippen molar-refractivity contribution < 1.29 is 14.3 Å². The zero-order valence-electron chi connectivity index (χ0n) is 18.4. The minimum Gasteiger partial charge on any atom is -0.465 e. The molecule has 0 radical (unpaired) electrons. The summed E-state index contributed by atoms with van der Waals surface area (Å²) in [6.07, 6.45) is 3.26. The molecule has 1 aliphatic heterocycles. The van der Waals surface area contributed by atoms with E-state index in [1.54, 1.807) is 40.0 Å². The van der Waals surface area contributed by atoms with Crippen LogP contribution >= 0.6 is 11.6 Å². The van der Waals surface area contributed by atoms with Gasteiger partial charge in [-0.3, -0.25) is 4.79 Å². The van der Waals surface area contributed by atoms with Gasteiger partial charge >= 0.3 is 5.97 Å². The van der Waals surface area contributed by atoms with Gasteiger partial charge in [-0.2, -0.15) is 5.10 Å². The van der Waals surface area contributed by atoms with Crippen LogP contribution in [0, 0.1) is 0 Å². The minimum absolute atomic E-state index is 0.192. The quantitative estimate of drug-likeness (QED) is 0.417. The van der Waals surface area contributed by atoms with Gasteiger partial charge in [-0.1, -0.05) is 29.8 Å². The molecule has 2 aromatic carbocycles. The molecule has 2 aromatic heterocycles. The van der Waals surface area contributed by atoms with Crippen LogP contribution in [-0.4, -0.2) is 69.8 Å². The second-order valence-electron chi connectivity index (χ2n) is 7.79. The van der Waals surface area contributed by atoms with E-state index in [9.17, 15) is 9.59 Å². The van der Waals surface area contributed by atoms with Crippen LogP contribution in [0.2, 0.25) is 5.02 Å². The van der Waals surface area contributed by atoms with Crippen molar-refractivity contribution in [3.63, 3.8) is 0 Å². The Hall–Kier alpha value is -3.98. The van der Waals surface area contributed by atoms with Crippen molar-refractivity contribution >= 4 is 40.3 Å². The monoisotopic (exact) mass is 476 g/mol. The van der Waals surface area contributed by atoms with E-state index in [1.807, 2.05) is 24.3 Å². The first-order valence-electron chi connectivity index (χ1n) is 10.7. The van der Waals surface area contributed by atoms with Gasteiger partial charge < -0.3 is 14.5 Å². The molecule has 1 fully saturated rings. The molecule has 172 valence electrons. The fraction of sp³-hybridized carbons (Fsp3) is 0.208. The smallest absolute Gasteiger partial charge is 0.338 e. The summed E-state index contributed by atoms with van der Waals surface area (Å²) >= 11 is 6.14. The maximum Gasteiger partial charge on any atom is 0.338 e. The van der Waals surface area contributed by atoms with Crippen LogP contribution in [-0.2, 0) is 4.74 Å². The highest BCUT2D eigenvalue weighted by atomic mass is 35.5. The third kappa shape index (κ3) is 3.94. The number of nitrogens with zero attached hydrogens (tertiary/aromatic N) is 6. The molecule has 34 heavy (non-hydrogen) atoms. The van der Waals surface area contributed by atoms with E-state index >= 15 is 0 Å². The van der Waals surface area contributed by atoms with Crippen LogP contribution in [0.5, 0.6) is 0 Å². The van der Waals surface area contributed by atoms with Crippen LogP contribution in [0.25, 0.3) is 16.7 Å². The number of halogens is 1. The molecule has 3 heterocycles. The van der Waals surface area contributed by atoms with Crippen LogP contribution in [0.4, 0.5) is 5.82 Å².